The minimum absolute atomic E-state index is 0.162. The van der Waals surface area contributed by atoms with Crippen LogP contribution < -0.4 is 5.73 Å². The van der Waals surface area contributed by atoms with E-state index in [0.717, 1.165) is 0 Å². The Kier molecular flexibility index (Phi) is 3.37. The first-order chi connectivity index (χ1) is 9.44. The zero-order valence-corrected chi connectivity index (χ0v) is 12.2. The summed E-state index contributed by atoms with van der Waals surface area (Å²) in [5.74, 6) is -0.444. The van der Waals surface area contributed by atoms with E-state index >= 15 is 0 Å². The van der Waals surface area contributed by atoms with Gasteiger partial charge in [-0.1, -0.05) is 12.1 Å². The summed E-state index contributed by atoms with van der Waals surface area (Å²) in [6.07, 6.45) is 0. The predicted octanol–water partition coefficient (Wildman–Crippen LogP) is 0.929. The number of rotatable bonds is 2. The summed E-state index contributed by atoms with van der Waals surface area (Å²) in [5, 5.41) is 9.55. The number of nitrogens with two attached hydrogens (primary N) is 1. The van der Waals surface area contributed by atoms with E-state index in [1.165, 1.54) is 19.1 Å². The lowest BCUT2D eigenvalue weighted by Gasteiger charge is -2.13. The Morgan fingerprint density at radius 3 is 2.00 bits per heavy atom. The second kappa shape index (κ2) is 4.56. The first kappa shape index (κ1) is 15.5. The lowest BCUT2D eigenvalue weighted by molar-refractivity contribution is 0.477. The van der Waals surface area contributed by atoms with Crippen LogP contribution in [0, 0.1) is 6.92 Å². The van der Waals surface area contributed by atoms with E-state index in [-0.39, 0.29) is 10.8 Å². The molecule has 0 saturated carbocycles. The minimum Gasteiger partial charge on any atom is -0.507 e. The average Bonchev–Trinajstić information content (AvgIpc) is 2.30. The van der Waals surface area contributed by atoms with E-state index in [0.29, 0.717) is 11.6 Å². The quantitative estimate of drug-likeness (QED) is 0.467. The van der Waals surface area contributed by atoms with Crippen molar-refractivity contribution < 1.29 is 31.0 Å². The van der Waals surface area contributed by atoms with Gasteiger partial charge in [-0.25, -0.2) is 0 Å². The van der Waals surface area contributed by atoms with Crippen LogP contribution in [0.3, 0.4) is 0 Å². The number of phenolic OH excluding ortho intramolecular Hbond substituents is 1. The molecule has 0 aliphatic carbocycles. The second-order valence-electron chi connectivity index (χ2n) is 4.39. The van der Waals surface area contributed by atoms with E-state index in [1.807, 2.05) is 0 Å². The molecule has 21 heavy (non-hydrogen) atoms. The molecule has 0 saturated heterocycles. The molecule has 0 atom stereocenters. The van der Waals surface area contributed by atoms with Crippen molar-refractivity contribution in [1.82, 2.24) is 0 Å². The van der Waals surface area contributed by atoms with Gasteiger partial charge < -0.3 is 10.8 Å². The van der Waals surface area contributed by atoms with E-state index in [9.17, 15) is 26.5 Å². The van der Waals surface area contributed by atoms with Gasteiger partial charge in [0.1, 0.15) is 15.5 Å². The van der Waals surface area contributed by atoms with Crippen LogP contribution in [0.15, 0.2) is 28.0 Å². The molecule has 5 N–H and O–H groups in total. The Morgan fingerprint density at radius 1 is 1.00 bits per heavy atom. The number of nitrogen functional groups attached to an aromatic ring is 1. The third kappa shape index (κ3) is 2.53. The molecule has 0 aromatic heterocycles. The van der Waals surface area contributed by atoms with Gasteiger partial charge >= 0.3 is 0 Å². The summed E-state index contributed by atoms with van der Waals surface area (Å²) in [4.78, 5) is -1.70. The molecule has 2 aromatic carbocycles. The summed E-state index contributed by atoms with van der Waals surface area (Å²) in [5.41, 5.74) is 5.41. The Balaban J connectivity index is 3.21. The Labute approximate surface area is 120 Å². The summed E-state index contributed by atoms with van der Waals surface area (Å²) >= 11 is 0. The van der Waals surface area contributed by atoms with Gasteiger partial charge in [-0.15, -0.1) is 0 Å². The molecule has 114 valence electrons. The summed E-state index contributed by atoms with van der Waals surface area (Å²) in [6, 6.07) is 3.17. The fourth-order valence-electron chi connectivity index (χ4n) is 2.00. The van der Waals surface area contributed by atoms with Gasteiger partial charge in [0, 0.05) is 10.8 Å². The number of hydrogen-bond donors (Lipinski definition) is 4. The molecular weight excluding hydrogens is 322 g/mol. The first-order valence-electron chi connectivity index (χ1n) is 5.44. The molecule has 0 aliphatic heterocycles. The standard InChI is InChI=1S/C11H11NO7S2/c1-5-2-3-6-7(20(14,15)16)4-8(21(17,18)19)10(12)9(6)11(5)13/h2-4,13H,12H2,1H3,(H,14,15,16)(H,17,18,19). The van der Waals surface area contributed by atoms with Crippen LogP contribution >= 0.6 is 0 Å². The van der Waals surface area contributed by atoms with Crippen molar-refractivity contribution in [3.63, 3.8) is 0 Å². The van der Waals surface area contributed by atoms with E-state index < -0.39 is 41.5 Å². The minimum atomic E-state index is -4.85. The van der Waals surface area contributed by atoms with Crippen molar-refractivity contribution in [3.8, 4) is 5.75 Å². The third-order valence-electron chi connectivity index (χ3n) is 3.00. The summed E-state index contributed by atoms with van der Waals surface area (Å²) < 4.78 is 63.7. The molecule has 0 spiro atoms. The highest BCUT2D eigenvalue weighted by Gasteiger charge is 2.25. The molecular formula is C11H11NO7S2. The van der Waals surface area contributed by atoms with E-state index in [1.54, 1.807) is 0 Å². The van der Waals surface area contributed by atoms with E-state index in [2.05, 4.69) is 0 Å². The van der Waals surface area contributed by atoms with Gasteiger partial charge in [-0.05, 0) is 18.6 Å². The lowest BCUT2D eigenvalue weighted by atomic mass is 10.0. The van der Waals surface area contributed by atoms with Gasteiger partial charge in [-0.2, -0.15) is 16.8 Å². The average molecular weight is 333 g/mol. The molecule has 0 unspecified atom stereocenters. The lowest BCUT2D eigenvalue weighted by Crippen LogP contribution is -2.08. The zero-order valence-electron chi connectivity index (χ0n) is 10.6. The van der Waals surface area contributed by atoms with Gasteiger partial charge in [0.25, 0.3) is 20.2 Å². The van der Waals surface area contributed by atoms with Crippen molar-refractivity contribution in [2.45, 2.75) is 16.7 Å². The highest BCUT2D eigenvalue weighted by atomic mass is 32.2. The molecule has 0 aliphatic rings. The molecule has 0 amide bonds. The summed E-state index contributed by atoms with van der Waals surface area (Å²) in [6.45, 7) is 1.49. The number of phenols is 1. The number of anilines is 1. The van der Waals surface area contributed by atoms with E-state index in [4.69, 9.17) is 10.3 Å². The first-order valence-corrected chi connectivity index (χ1v) is 8.32. The maximum atomic E-state index is 11.4. The van der Waals surface area contributed by atoms with Crippen LogP contribution in [0.5, 0.6) is 5.75 Å². The van der Waals surface area contributed by atoms with Crippen LogP contribution in [-0.2, 0) is 20.2 Å². The molecule has 0 heterocycles. The van der Waals surface area contributed by atoms with Gasteiger partial charge in [0.2, 0.25) is 0 Å². The van der Waals surface area contributed by atoms with Crippen molar-refractivity contribution in [2.75, 3.05) is 5.73 Å². The Morgan fingerprint density at radius 2 is 1.52 bits per heavy atom. The fraction of sp³-hybridized carbons (Fsp3) is 0.0909. The second-order valence-corrected chi connectivity index (χ2v) is 7.17. The smallest absolute Gasteiger partial charge is 0.296 e. The molecule has 2 rings (SSSR count). The molecule has 2 aromatic rings. The van der Waals surface area contributed by atoms with Gasteiger partial charge in [0.15, 0.2) is 0 Å². The number of aromatic hydroxyl groups is 1. The zero-order chi connectivity index (χ0) is 16.2. The number of benzene rings is 2. The van der Waals surface area contributed by atoms with Crippen LogP contribution in [-0.4, -0.2) is 31.0 Å². The molecule has 0 radical (unpaired) electrons. The summed E-state index contributed by atoms with van der Waals surface area (Å²) in [7, 11) is -9.65. The maximum absolute atomic E-state index is 11.4. The Hall–Kier alpha value is -1.88. The van der Waals surface area contributed by atoms with Crippen LogP contribution in [0.2, 0.25) is 0 Å². The van der Waals surface area contributed by atoms with Crippen molar-refractivity contribution in [2.24, 2.45) is 0 Å². The normalized spacial score (nSPS) is 12.7. The van der Waals surface area contributed by atoms with Crippen molar-refractivity contribution >= 4 is 36.7 Å². The SMILES string of the molecule is Cc1ccc2c(S(=O)(=O)O)cc(S(=O)(=O)O)c(N)c2c1O. The van der Waals surface area contributed by atoms with Crippen LogP contribution in [0.1, 0.15) is 5.56 Å². The maximum Gasteiger partial charge on any atom is 0.296 e. The van der Waals surface area contributed by atoms with Crippen molar-refractivity contribution in [1.29, 1.82) is 0 Å². The fourth-order valence-corrected chi connectivity index (χ4v) is 3.43. The topological polar surface area (TPSA) is 155 Å². The van der Waals surface area contributed by atoms with Crippen molar-refractivity contribution in [3.05, 3.63) is 23.8 Å². The molecule has 0 fully saturated rings. The molecule has 8 nitrogen and oxygen atoms in total. The van der Waals surface area contributed by atoms with Crippen LogP contribution in [0.4, 0.5) is 5.69 Å². The van der Waals surface area contributed by atoms with Gasteiger partial charge in [0.05, 0.1) is 5.69 Å². The number of fused-ring (bicyclic) bond motifs is 1. The highest BCUT2D eigenvalue weighted by molar-refractivity contribution is 7.87. The molecule has 10 heteroatoms. The number of hydrogen-bond acceptors (Lipinski definition) is 6. The predicted molar refractivity (Wildman–Crippen MR) is 74.4 cm³/mol. The van der Waals surface area contributed by atoms with Crippen LogP contribution in [0.25, 0.3) is 10.8 Å². The Bertz CT molecular complexity index is 962. The monoisotopic (exact) mass is 333 g/mol. The largest absolute Gasteiger partial charge is 0.507 e. The molecule has 0 bridgehead atoms. The number of aryl methyl sites for hydroxylation is 1. The third-order valence-corrected chi connectivity index (χ3v) is 4.79. The van der Waals surface area contributed by atoms with Gasteiger partial charge in [-0.3, -0.25) is 9.11 Å². The highest BCUT2D eigenvalue weighted by Crippen LogP contribution is 2.39.